The van der Waals surface area contributed by atoms with E-state index in [-0.39, 0.29) is 5.60 Å². The predicted molar refractivity (Wildman–Crippen MR) is 36.1 cm³/mol. The van der Waals surface area contributed by atoms with Crippen LogP contribution in [0.3, 0.4) is 0 Å². The fraction of sp³-hybridized carbons (Fsp3) is 1.00. The number of fused-ring (bicyclic) bond motifs is 2. The van der Waals surface area contributed by atoms with Gasteiger partial charge in [0.15, 0.2) is 0 Å². The fourth-order valence-electron chi connectivity index (χ4n) is 2.58. The molecule has 1 heteroatoms. The summed E-state index contributed by atoms with van der Waals surface area (Å²) >= 11 is 0. The third-order valence-corrected chi connectivity index (χ3v) is 3.12. The summed E-state index contributed by atoms with van der Waals surface area (Å²) in [5, 5.41) is 9.68. The van der Waals surface area contributed by atoms with E-state index in [9.17, 15) is 5.11 Å². The molecule has 9 heavy (non-hydrogen) atoms. The van der Waals surface area contributed by atoms with E-state index in [4.69, 9.17) is 0 Å². The van der Waals surface area contributed by atoms with Crippen LogP contribution in [0.15, 0.2) is 0 Å². The lowest BCUT2D eigenvalue weighted by Crippen LogP contribution is -2.30. The summed E-state index contributed by atoms with van der Waals surface area (Å²) in [5.74, 6) is 1.51. The Morgan fingerprint density at radius 2 is 2.22 bits per heavy atom. The van der Waals surface area contributed by atoms with Gasteiger partial charge in [0.1, 0.15) is 0 Å². The van der Waals surface area contributed by atoms with Gasteiger partial charge in [-0.3, -0.25) is 0 Å². The first-order valence-electron chi connectivity index (χ1n) is 3.91. The van der Waals surface area contributed by atoms with Gasteiger partial charge in [0, 0.05) is 0 Å². The van der Waals surface area contributed by atoms with Crippen molar-refractivity contribution in [3.05, 3.63) is 0 Å². The topological polar surface area (TPSA) is 20.2 Å². The monoisotopic (exact) mass is 126 g/mol. The summed E-state index contributed by atoms with van der Waals surface area (Å²) in [6.45, 7) is 2.00. The van der Waals surface area contributed by atoms with Crippen molar-refractivity contribution < 1.29 is 5.11 Å². The lowest BCUT2D eigenvalue weighted by Gasteiger charge is -2.27. The van der Waals surface area contributed by atoms with Crippen LogP contribution in [0.5, 0.6) is 0 Å². The summed E-state index contributed by atoms with van der Waals surface area (Å²) < 4.78 is 0. The van der Waals surface area contributed by atoms with Crippen molar-refractivity contribution >= 4 is 0 Å². The summed E-state index contributed by atoms with van der Waals surface area (Å²) in [7, 11) is 0. The molecule has 2 rings (SSSR count). The van der Waals surface area contributed by atoms with Crippen LogP contribution in [0.25, 0.3) is 0 Å². The van der Waals surface area contributed by atoms with Crippen molar-refractivity contribution in [3.63, 3.8) is 0 Å². The Kier molecular flexibility index (Phi) is 0.963. The van der Waals surface area contributed by atoms with E-state index >= 15 is 0 Å². The maximum absolute atomic E-state index is 9.68. The normalized spacial score (nSPS) is 56.7. The van der Waals surface area contributed by atoms with Crippen molar-refractivity contribution in [2.45, 2.75) is 38.2 Å². The highest BCUT2D eigenvalue weighted by Crippen LogP contribution is 2.50. The molecule has 0 aliphatic heterocycles. The fourth-order valence-corrected chi connectivity index (χ4v) is 2.58. The molecular weight excluding hydrogens is 112 g/mol. The number of hydrogen-bond donors (Lipinski definition) is 1. The molecule has 2 aliphatic carbocycles. The molecule has 2 saturated carbocycles. The number of hydrogen-bond acceptors (Lipinski definition) is 1. The zero-order chi connectivity index (χ0) is 6.48. The highest BCUT2D eigenvalue weighted by atomic mass is 16.3. The van der Waals surface area contributed by atoms with Gasteiger partial charge in [-0.2, -0.15) is 0 Å². The number of rotatable bonds is 0. The Labute approximate surface area is 56.1 Å². The van der Waals surface area contributed by atoms with Gasteiger partial charge in [0.05, 0.1) is 5.60 Å². The maximum Gasteiger partial charge on any atom is 0.0650 e. The maximum atomic E-state index is 9.68. The van der Waals surface area contributed by atoms with Crippen molar-refractivity contribution in [3.8, 4) is 0 Å². The van der Waals surface area contributed by atoms with E-state index in [0.717, 1.165) is 12.3 Å². The molecule has 0 aromatic carbocycles. The van der Waals surface area contributed by atoms with E-state index in [0.29, 0.717) is 5.92 Å². The zero-order valence-corrected chi connectivity index (χ0v) is 5.93. The van der Waals surface area contributed by atoms with Crippen molar-refractivity contribution in [2.75, 3.05) is 0 Å². The second-order valence-electron chi connectivity index (χ2n) is 3.94. The Morgan fingerprint density at radius 3 is 2.44 bits per heavy atom. The average Bonchev–Trinajstić information content (AvgIpc) is 2.19. The van der Waals surface area contributed by atoms with E-state index in [2.05, 4.69) is 0 Å². The Bertz CT molecular complexity index is 129. The molecule has 52 valence electrons. The molecule has 0 unspecified atom stereocenters. The molecule has 2 bridgehead atoms. The first-order valence-corrected chi connectivity index (χ1v) is 3.91. The first-order chi connectivity index (χ1) is 4.18. The van der Waals surface area contributed by atoms with Crippen LogP contribution < -0.4 is 0 Å². The standard InChI is InChI=1S/C8H14O/c1-8(9)5-6-2-3-7(8)4-6/h6-7,9H,2-5H2,1H3/t6-,7-,8+/m0/s1. The van der Waals surface area contributed by atoms with Gasteiger partial charge in [-0.05, 0) is 44.4 Å². The van der Waals surface area contributed by atoms with E-state index in [1.807, 2.05) is 6.92 Å². The third-order valence-electron chi connectivity index (χ3n) is 3.12. The van der Waals surface area contributed by atoms with Crippen LogP contribution in [0.2, 0.25) is 0 Å². The van der Waals surface area contributed by atoms with E-state index in [1.165, 1.54) is 19.3 Å². The molecule has 0 radical (unpaired) electrons. The lowest BCUT2D eigenvalue weighted by atomic mass is 9.86. The number of aliphatic hydroxyl groups is 1. The average molecular weight is 126 g/mol. The Morgan fingerprint density at radius 1 is 1.44 bits per heavy atom. The molecule has 0 aromatic rings. The van der Waals surface area contributed by atoms with Gasteiger partial charge in [-0.25, -0.2) is 0 Å². The minimum absolute atomic E-state index is 0.289. The Hall–Kier alpha value is -0.0400. The highest BCUT2D eigenvalue weighted by Gasteiger charge is 2.46. The van der Waals surface area contributed by atoms with Crippen LogP contribution in [0.4, 0.5) is 0 Å². The quantitative estimate of drug-likeness (QED) is 0.522. The lowest BCUT2D eigenvalue weighted by molar-refractivity contribution is 0.00531. The van der Waals surface area contributed by atoms with Gasteiger partial charge in [-0.15, -0.1) is 0 Å². The smallest absolute Gasteiger partial charge is 0.0650 e. The van der Waals surface area contributed by atoms with Crippen LogP contribution in [-0.4, -0.2) is 10.7 Å². The van der Waals surface area contributed by atoms with Gasteiger partial charge in [0.25, 0.3) is 0 Å². The summed E-state index contributed by atoms with van der Waals surface area (Å²) in [6.07, 6.45) is 5.02. The van der Waals surface area contributed by atoms with Gasteiger partial charge >= 0.3 is 0 Å². The summed E-state index contributed by atoms with van der Waals surface area (Å²) in [4.78, 5) is 0. The molecule has 1 nitrogen and oxygen atoms in total. The molecule has 2 aliphatic rings. The van der Waals surface area contributed by atoms with Crippen LogP contribution in [0, 0.1) is 11.8 Å². The van der Waals surface area contributed by atoms with Gasteiger partial charge in [-0.1, -0.05) is 0 Å². The van der Waals surface area contributed by atoms with Crippen molar-refractivity contribution in [2.24, 2.45) is 11.8 Å². The summed E-state index contributed by atoms with van der Waals surface area (Å²) in [5.41, 5.74) is -0.289. The van der Waals surface area contributed by atoms with Crippen molar-refractivity contribution in [1.29, 1.82) is 0 Å². The summed E-state index contributed by atoms with van der Waals surface area (Å²) in [6, 6.07) is 0. The minimum atomic E-state index is -0.289. The van der Waals surface area contributed by atoms with Crippen molar-refractivity contribution in [1.82, 2.24) is 0 Å². The van der Waals surface area contributed by atoms with Crippen LogP contribution in [-0.2, 0) is 0 Å². The highest BCUT2D eigenvalue weighted by molar-refractivity contribution is 4.98. The van der Waals surface area contributed by atoms with E-state index < -0.39 is 0 Å². The minimum Gasteiger partial charge on any atom is -0.390 e. The Balaban J connectivity index is 2.18. The molecule has 0 heterocycles. The molecule has 2 fully saturated rings. The van der Waals surface area contributed by atoms with Crippen LogP contribution in [0.1, 0.15) is 32.6 Å². The molecular formula is C8H14O. The van der Waals surface area contributed by atoms with Gasteiger partial charge < -0.3 is 5.11 Å². The second kappa shape index (κ2) is 1.51. The second-order valence-corrected chi connectivity index (χ2v) is 3.94. The molecule has 0 spiro atoms. The molecule has 0 amide bonds. The van der Waals surface area contributed by atoms with E-state index in [1.54, 1.807) is 0 Å². The molecule has 0 aromatic heterocycles. The van der Waals surface area contributed by atoms with Crippen LogP contribution >= 0.6 is 0 Å². The molecule has 1 N–H and O–H groups in total. The largest absolute Gasteiger partial charge is 0.390 e. The molecule has 3 atom stereocenters. The third kappa shape index (κ3) is 0.710. The van der Waals surface area contributed by atoms with Gasteiger partial charge in [0.2, 0.25) is 0 Å². The zero-order valence-electron chi connectivity index (χ0n) is 5.93. The first kappa shape index (κ1) is 5.72. The SMILES string of the molecule is C[C@@]1(O)C[C@H]2CC[C@H]1C2. The molecule has 0 saturated heterocycles. The predicted octanol–water partition coefficient (Wildman–Crippen LogP) is 1.56.